The van der Waals surface area contributed by atoms with Crippen LogP contribution in [-0.2, 0) is 0 Å². The third-order valence-electron chi connectivity index (χ3n) is 2.03. The molecule has 0 aliphatic carbocycles. The second kappa shape index (κ2) is 4.20. The SMILES string of the molecule is Cc1cc(C(F)CN)cc(C)c1Br. The largest absolute Gasteiger partial charge is 0.327 e. The smallest absolute Gasteiger partial charge is 0.137 e. The molecule has 0 saturated heterocycles. The standard InChI is InChI=1S/C10H13BrFN/c1-6-3-8(9(12)5-13)4-7(2)10(6)11/h3-4,9H,5,13H2,1-2H3. The van der Waals surface area contributed by atoms with Crippen LogP contribution >= 0.6 is 15.9 Å². The second-order valence-electron chi connectivity index (χ2n) is 3.17. The molecule has 0 amide bonds. The Kier molecular flexibility index (Phi) is 3.45. The summed E-state index contributed by atoms with van der Waals surface area (Å²) < 4.78 is 14.3. The van der Waals surface area contributed by atoms with E-state index in [0.29, 0.717) is 5.56 Å². The first kappa shape index (κ1) is 10.7. The van der Waals surface area contributed by atoms with Crippen LogP contribution in [0, 0.1) is 13.8 Å². The van der Waals surface area contributed by atoms with Crippen molar-refractivity contribution in [2.75, 3.05) is 6.54 Å². The van der Waals surface area contributed by atoms with Crippen LogP contribution in [0.25, 0.3) is 0 Å². The van der Waals surface area contributed by atoms with Crippen LogP contribution in [0.1, 0.15) is 22.9 Å². The van der Waals surface area contributed by atoms with Crippen LogP contribution in [0.5, 0.6) is 0 Å². The van der Waals surface area contributed by atoms with Gasteiger partial charge in [-0.05, 0) is 30.5 Å². The zero-order valence-corrected chi connectivity index (χ0v) is 9.36. The molecule has 72 valence electrons. The molecule has 0 aliphatic rings. The molecular weight excluding hydrogens is 233 g/mol. The fourth-order valence-electron chi connectivity index (χ4n) is 1.30. The van der Waals surface area contributed by atoms with E-state index in [9.17, 15) is 4.39 Å². The van der Waals surface area contributed by atoms with E-state index in [-0.39, 0.29) is 6.54 Å². The molecule has 1 aromatic carbocycles. The zero-order chi connectivity index (χ0) is 10.0. The number of halogens is 2. The van der Waals surface area contributed by atoms with Crippen LogP contribution in [-0.4, -0.2) is 6.54 Å². The second-order valence-corrected chi connectivity index (χ2v) is 3.96. The Labute approximate surface area is 86.3 Å². The minimum absolute atomic E-state index is 0.0422. The first-order chi connectivity index (χ1) is 6.06. The van der Waals surface area contributed by atoms with Crippen LogP contribution in [0.4, 0.5) is 4.39 Å². The number of alkyl halides is 1. The van der Waals surface area contributed by atoms with E-state index in [4.69, 9.17) is 5.73 Å². The zero-order valence-electron chi connectivity index (χ0n) is 7.77. The Morgan fingerprint density at radius 1 is 1.38 bits per heavy atom. The summed E-state index contributed by atoms with van der Waals surface area (Å²) in [5.74, 6) is 0. The van der Waals surface area contributed by atoms with Crippen molar-refractivity contribution in [2.45, 2.75) is 20.0 Å². The molecule has 0 heterocycles. The first-order valence-corrected chi connectivity index (χ1v) is 4.96. The van der Waals surface area contributed by atoms with Gasteiger partial charge in [0.25, 0.3) is 0 Å². The van der Waals surface area contributed by atoms with Crippen molar-refractivity contribution in [1.29, 1.82) is 0 Å². The van der Waals surface area contributed by atoms with Gasteiger partial charge in [0, 0.05) is 11.0 Å². The van der Waals surface area contributed by atoms with E-state index >= 15 is 0 Å². The summed E-state index contributed by atoms with van der Waals surface area (Å²) in [5, 5.41) is 0. The number of benzene rings is 1. The molecule has 2 N–H and O–H groups in total. The average molecular weight is 246 g/mol. The van der Waals surface area contributed by atoms with Gasteiger partial charge in [-0.2, -0.15) is 0 Å². The van der Waals surface area contributed by atoms with Crippen molar-refractivity contribution >= 4 is 15.9 Å². The highest BCUT2D eigenvalue weighted by atomic mass is 79.9. The number of nitrogens with two attached hydrogens (primary N) is 1. The molecule has 1 unspecified atom stereocenters. The molecule has 13 heavy (non-hydrogen) atoms. The molecule has 1 nitrogen and oxygen atoms in total. The van der Waals surface area contributed by atoms with Gasteiger partial charge >= 0.3 is 0 Å². The lowest BCUT2D eigenvalue weighted by atomic mass is 10.0. The highest BCUT2D eigenvalue weighted by Crippen LogP contribution is 2.26. The lowest BCUT2D eigenvalue weighted by Crippen LogP contribution is -2.08. The predicted molar refractivity (Wildman–Crippen MR) is 56.5 cm³/mol. The monoisotopic (exact) mass is 245 g/mol. The minimum Gasteiger partial charge on any atom is -0.327 e. The predicted octanol–water partition coefficient (Wildman–Crippen LogP) is 3.04. The lowest BCUT2D eigenvalue weighted by Gasteiger charge is -2.10. The summed E-state index contributed by atoms with van der Waals surface area (Å²) in [6, 6.07) is 3.66. The summed E-state index contributed by atoms with van der Waals surface area (Å²) in [7, 11) is 0. The molecule has 0 aromatic heterocycles. The van der Waals surface area contributed by atoms with E-state index in [2.05, 4.69) is 15.9 Å². The van der Waals surface area contributed by atoms with Crippen molar-refractivity contribution < 1.29 is 4.39 Å². The summed E-state index contributed by atoms with van der Waals surface area (Å²) in [4.78, 5) is 0. The minimum atomic E-state index is -1.05. The van der Waals surface area contributed by atoms with Crippen LogP contribution in [0.15, 0.2) is 16.6 Å². The van der Waals surface area contributed by atoms with E-state index in [1.807, 2.05) is 26.0 Å². The molecule has 0 bridgehead atoms. The molecule has 0 saturated carbocycles. The van der Waals surface area contributed by atoms with Crippen molar-refractivity contribution in [2.24, 2.45) is 5.73 Å². The maximum atomic E-state index is 13.2. The average Bonchev–Trinajstić information content (AvgIpc) is 2.12. The van der Waals surface area contributed by atoms with Gasteiger partial charge in [-0.25, -0.2) is 4.39 Å². The van der Waals surface area contributed by atoms with Gasteiger partial charge in [-0.3, -0.25) is 0 Å². The normalized spacial score (nSPS) is 13.0. The Balaban J connectivity index is 3.13. The van der Waals surface area contributed by atoms with Crippen molar-refractivity contribution in [1.82, 2.24) is 0 Å². The quantitative estimate of drug-likeness (QED) is 0.852. The Hall–Kier alpha value is -0.410. The third kappa shape index (κ3) is 2.29. The van der Waals surface area contributed by atoms with Gasteiger partial charge in [0.05, 0.1) is 0 Å². The number of hydrogen-bond acceptors (Lipinski definition) is 1. The van der Waals surface area contributed by atoms with Crippen molar-refractivity contribution in [3.05, 3.63) is 33.3 Å². The van der Waals surface area contributed by atoms with E-state index in [0.717, 1.165) is 15.6 Å². The maximum absolute atomic E-state index is 13.2. The highest BCUT2D eigenvalue weighted by molar-refractivity contribution is 9.10. The van der Waals surface area contributed by atoms with Gasteiger partial charge in [0.2, 0.25) is 0 Å². The fraction of sp³-hybridized carbons (Fsp3) is 0.400. The van der Waals surface area contributed by atoms with Gasteiger partial charge < -0.3 is 5.73 Å². The number of hydrogen-bond donors (Lipinski definition) is 1. The lowest BCUT2D eigenvalue weighted by molar-refractivity contribution is 0.352. The summed E-state index contributed by atoms with van der Waals surface area (Å²) in [5.41, 5.74) is 8.02. The van der Waals surface area contributed by atoms with Gasteiger partial charge in [0.15, 0.2) is 0 Å². The van der Waals surface area contributed by atoms with Crippen LogP contribution in [0.2, 0.25) is 0 Å². The molecule has 0 spiro atoms. The number of rotatable bonds is 2. The van der Waals surface area contributed by atoms with Crippen LogP contribution in [0.3, 0.4) is 0 Å². The summed E-state index contributed by atoms with van der Waals surface area (Å²) in [6.45, 7) is 3.94. The van der Waals surface area contributed by atoms with E-state index < -0.39 is 6.17 Å². The molecule has 0 radical (unpaired) electrons. The number of aryl methyl sites for hydroxylation is 2. The van der Waals surface area contributed by atoms with Crippen molar-refractivity contribution in [3.63, 3.8) is 0 Å². The Morgan fingerprint density at radius 2 is 1.85 bits per heavy atom. The van der Waals surface area contributed by atoms with Crippen LogP contribution < -0.4 is 5.73 Å². The Morgan fingerprint density at radius 3 is 2.23 bits per heavy atom. The van der Waals surface area contributed by atoms with Crippen molar-refractivity contribution in [3.8, 4) is 0 Å². The van der Waals surface area contributed by atoms with Gasteiger partial charge in [0.1, 0.15) is 6.17 Å². The highest BCUT2D eigenvalue weighted by Gasteiger charge is 2.10. The summed E-state index contributed by atoms with van der Waals surface area (Å²) >= 11 is 3.43. The molecule has 0 aliphatic heterocycles. The molecular formula is C10H13BrFN. The maximum Gasteiger partial charge on any atom is 0.137 e. The molecule has 1 aromatic rings. The molecule has 3 heteroatoms. The fourth-order valence-corrected chi connectivity index (χ4v) is 1.53. The van der Waals surface area contributed by atoms with E-state index in [1.54, 1.807) is 0 Å². The Bertz CT molecular complexity index is 289. The third-order valence-corrected chi connectivity index (χ3v) is 3.28. The molecule has 1 rings (SSSR count). The van der Waals surface area contributed by atoms with E-state index in [1.165, 1.54) is 0 Å². The molecule has 0 fully saturated rings. The molecule has 1 atom stereocenters. The first-order valence-electron chi connectivity index (χ1n) is 4.17. The van der Waals surface area contributed by atoms with Gasteiger partial charge in [-0.15, -0.1) is 0 Å². The van der Waals surface area contributed by atoms with Gasteiger partial charge in [-0.1, -0.05) is 28.1 Å². The topological polar surface area (TPSA) is 26.0 Å². The summed E-state index contributed by atoms with van der Waals surface area (Å²) in [6.07, 6.45) is -1.05.